The van der Waals surface area contributed by atoms with E-state index >= 15 is 0 Å². The summed E-state index contributed by atoms with van der Waals surface area (Å²) in [5.41, 5.74) is 1.89. The molecule has 0 saturated carbocycles. The molecule has 1 aromatic heterocycles. The van der Waals surface area contributed by atoms with Gasteiger partial charge in [-0.2, -0.15) is 0 Å². The molecule has 182 valence electrons. The highest BCUT2D eigenvalue weighted by molar-refractivity contribution is 7.12. The lowest BCUT2D eigenvalue weighted by atomic mass is 9.95. The van der Waals surface area contributed by atoms with Gasteiger partial charge in [-0.05, 0) is 47.8 Å². The van der Waals surface area contributed by atoms with Gasteiger partial charge in [0, 0.05) is 13.1 Å². The Morgan fingerprint density at radius 1 is 1.06 bits per heavy atom. The number of carbonyl (C=O) groups excluding carboxylic acids is 2. The van der Waals surface area contributed by atoms with E-state index in [9.17, 15) is 14.7 Å². The summed E-state index contributed by atoms with van der Waals surface area (Å²) in [4.78, 5) is 30.9. The Kier molecular flexibility index (Phi) is 8.00. The van der Waals surface area contributed by atoms with Crippen LogP contribution in [0, 0.1) is 0 Å². The minimum atomic E-state index is -0.687. The lowest BCUT2D eigenvalue weighted by molar-refractivity contribution is -0.129. The van der Waals surface area contributed by atoms with E-state index in [0.29, 0.717) is 30.3 Å². The van der Waals surface area contributed by atoms with Crippen molar-refractivity contribution in [1.82, 2.24) is 9.80 Å². The van der Waals surface area contributed by atoms with Gasteiger partial charge in [0.1, 0.15) is 12.4 Å². The van der Waals surface area contributed by atoms with E-state index in [1.54, 1.807) is 17.0 Å². The molecular formula is C28H30N2O4S. The van der Waals surface area contributed by atoms with Gasteiger partial charge in [0.25, 0.3) is 5.91 Å². The van der Waals surface area contributed by atoms with Gasteiger partial charge in [-0.15, -0.1) is 11.3 Å². The molecule has 0 bridgehead atoms. The molecule has 1 aliphatic heterocycles. The van der Waals surface area contributed by atoms with Crippen molar-refractivity contribution in [3.8, 4) is 5.75 Å². The van der Waals surface area contributed by atoms with Crippen LogP contribution in [0.15, 0.2) is 83.4 Å². The number of rotatable bonds is 11. The zero-order chi connectivity index (χ0) is 24.8. The number of ketones is 1. The molecule has 0 fully saturated rings. The van der Waals surface area contributed by atoms with Gasteiger partial charge in [0.2, 0.25) is 5.78 Å². The molecule has 7 heteroatoms. The van der Waals surface area contributed by atoms with Crippen molar-refractivity contribution >= 4 is 23.0 Å². The van der Waals surface area contributed by atoms with E-state index in [4.69, 9.17) is 4.74 Å². The van der Waals surface area contributed by atoms with Crippen LogP contribution in [-0.2, 0) is 11.4 Å². The number of benzene rings is 2. The Morgan fingerprint density at radius 3 is 2.51 bits per heavy atom. The lowest BCUT2D eigenvalue weighted by Gasteiger charge is -2.29. The zero-order valence-electron chi connectivity index (χ0n) is 20.0. The largest absolute Gasteiger partial charge is 0.503 e. The fourth-order valence-corrected chi connectivity index (χ4v) is 4.99. The maximum absolute atomic E-state index is 13.4. The number of hydrogen-bond acceptors (Lipinski definition) is 6. The molecular weight excluding hydrogens is 460 g/mol. The Balaban J connectivity index is 1.66. The number of aliphatic hydroxyl groups excluding tert-OH is 1. The Morgan fingerprint density at radius 2 is 1.83 bits per heavy atom. The standard InChI is InChI=1S/C28H30N2O4S/c1-3-29(4-2)15-16-30-25(24(27(32)28(30)33)26(31)23-14-9-17-35-23)21-12-8-13-22(18-21)34-19-20-10-6-5-7-11-20/h5-14,17-18,25,32H,3-4,15-16,19H2,1-2H3. The van der Waals surface area contributed by atoms with Gasteiger partial charge in [-0.1, -0.05) is 62.4 Å². The average molecular weight is 491 g/mol. The van der Waals surface area contributed by atoms with Crippen LogP contribution in [0.25, 0.3) is 0 Å². The van der Waals surface area contributed by atoms with Crippen molar-refractivity contribution < 1.29 is 19.4 Å². The van der Waals surface area contributed by atoms with Crippen molar-refractivity contribution in [2.75, 3.05) is 26.2 Å². The third-order valence-corrected chi connectivity index (χ3v) is 7.14. The molecule has 1 atom stereocenters. The lowest BCUT2D eigenvalue weighted by Crippen LogP contribution is -2.38. The van der Waals surface area contributed by atoms with Gasteiger partial charge < -0.3 is 19.6 Å². The Labute approximate surface area is 210 Å². The number of ether oxygens (including phenoxy) is 1. The van der Waals surface area contributed by atoms with E-state index < -0.39 is 17.7 Å². The fourth-order valence-electron chi connectivity index (χ4n) is 4.31. The molecule has 4 rings (SSSR count). The summed E-state index contributed by atoms with van der Waals surface area (Å²) in [6.07, 6.45) is 0. The van der Waals surface area contributed by atoms with Gasteiger partial charge in [0.15, 0.2) is 5.76 Å². The second-order valence-electron chi connectivity index (χ2n) is 8.34. The minimum absolute atomic E-state index is 0.122. The molecule has 2 heterocycles. The Bertz CT molecular complexity index is 1190. The number of nitrogens with zero attached hydrogens (tertiary/aromatic N) is 2. The molecule has 0 aliphatic carbocycles. The van der Waals surface area contributed by atoms with Crippen molar-refractivity contribution in [2.24, 2.45) is 0 Å². The Hall–Kier alpha value is -3.42. The van der Waals surface area contributed by atoms with Gasteiger partial charge in [0.05, 0.1) is 16.5 Å². The first kappa shape index (κ1) is 24.7. The number of carbonyl (C=O) groups is 2. The van der Waals surface area contributed by atoms with Crippen molar-refractivity contribution in [3.05, 3.63) is 99.4 Å². The number of hydrogen-bond donors (Lipinski definition) is 1. The van der Waals surface area contributed by atoms with Gasteiger partial charge >= 0.3 is 0 Å². The number of likely N-dealkylation sites (N-methyl/N-ethyl adjacent to an activating group) is 1. The summed E-state index contributed by atoms with van der Waals surface area (Å²) in [5, 5.41) is 12.7. The molecule has 6 nitrogen and oxygen atoms in total. The molecule has 3 aromatic rings. The quantitative estimate of drug-likeness (QED) is 0.372. The highest BCUT2D eigenvalue weighted by Gasteiger charge is 2.44. The maximum atomic E-state index is 13.4. The van der Waals surface area contributed by atoms with Crippen LogP contribution in [0.4, 0.5) is 0 Å². The molecule has 1 amide bonds. The third kappa shape index (κ3) is 5.47. The van der Waals surface area contributed by atoms with E-state index in [0.717, 1.165) is 24.2 Å². The van der Waals surface area contributed by atoms with Crippen molar-refractivity contribution in [3.63, 3.8) is 0 Å². The normalized spacial score (nSPS) is 15.8. The minimum Gasteiger partial charge on any atom is -0.503 e. The number of aliphatic hydroxyl groups is 1. The van der Waals surface area contributed by atoms with Crippen LogP contribution in [0.5, 0.6) is 5.75 Å². The van der Waals surface area contributed by atoms with Crippen molar-refractivity contribution in [1.29, 1.82) is 0 Å². The number of Topliss-reactive ketones (excluding diaryl/α,β-unsaturated/α-hetero) is 1. The summed E-state index contributed by atoms with van der Waals surface area (Å²) in [6, 6.07) is 20.1. The molecule has 1 N–H and O–H groups in total. The van der Waals surface area contributed by atoms with Crippen LogP contribution in [0.1, 0.15) is 40.7 Å². The summed E-state index contributed by atoms with van der Waals surface area (Å²) in [7, 11) is 0. The van der Waals surface area contributed by atoms with E-state index in [1.165, 1.54) is 11.3 Å². The van der Waals surface area contributed by atoms with Crippen LogP contribution < -0.4 is 4.74 Å². The molecule has 0 radical (unpaired) electrons. The SMILES string of the molecule is CCN(CC)CCN1C(=O)C(O)=C(C(=O)c2cccs2)C1c1cccc(OCc2ccccc2)c1. The van der Waals surface area contributed by atoms with E-state index in [-0.39, 0.29) is 11.4 Å². The first-order valence-corrected chi connectivity index (χ1v) is 12.7. The van der Waals surface area contributed by atoms with Crippen LogP contribution in [-0.4, -0.2) is 52.8 Å². The molecule has 2 aromatic carbocycles. The second kappa shape index (κ2) is 11.3. The first-order chi connectivity index (χ1) is 17.0. The maximum Gasteiger partial charge on any atom is 0.290 e. The smallest absolute Gasteiger partial charge is 0.290 e. The molecule has 1 aliphatic rings. The zero-order valence-corrected chi connectivity index (χ0v) is 20.8. The highest BCUT2D eigenvalue weighted by atomic mass is 32.1. The van der Waals surface area contributed by atoms with Crippen LogP contribution in [0.2, 0.25) is 0 Å². The second-order valence-corrected chi connectivity index (χ2v) is 9.29. The van der Waals surface area contributed by atoms with Gasteiger partial charge in [-0.3, -0.25) is 9.59 Å². The summed E-state index contributed by atoms with van der Waals surface area (Å²) in [5.74, 6) is -0.671. The topological polar surface area (TPSA) is 70.1 Å². The predicted molar refractivity (Wildman–Crippen MR) is 138 cm³/mol. The molecule has 0 saturated heterocycles. The summed E-state index contributed by atoms with van der Waals surface area (Å²) >= 11 is 1.30. The molecule has 0 spiro atoms. The number of amides is 1. The first-order valence-electron chi connectivity index (χ1n) is 11.8. The molecule has 1 unspecified atom stereocenters. The number of thiophene rings is 1. The summed E-state index contributed by atoms with van der Waals surface area (Å²) in [6.45, 7) is 7.29. The monoisotopic (exact) mass is 490 g/mol. The van der Waals surface area contributed by atoms with Crippen LogP contribution >= 0.6 is 11.3 Å². The fraction of sp³-hybridized carbons (Fsp3) is 0.286. The van der Waals surface area contributed by atoms with Gasteiger partial charge in [-0.25, -0.2) is 0 Å². The third-order valence-electron chi connectivity index (χ3n) is 6.27. The summed E-state index contributed by atoms with van der Waals surface area (Å²) < 4.78 is 6.01. The highest BCUT2D eigenvalue weighted by Crippen LogP contribution is 2.40. The van der Waals surface area contributed by atoms with E-state index in [2.05, 4.69) is 18.7 Å². The molecule has 35 heavy (non-hydrogen) atoms. The van der Waals surface area contributed by atoms with Crippen molar-refractivity contribution in [2.45, 2.75) is 26.5 Å². The predicted octanol–water partition coefficient (Wildman–Crippen LogP) is 5.25. The average Bonchev–Trinajstić information content (AvgIpc) is 3.52. The van der Waals surface area contributed by atoms with E-state index in [1.807, 2.05) is 60.0 Å². The van der Waals surface area contributed by atoms with Crippen LogP contribution in [0.3, 0.4) is 0 Å².